The molecule has 6 nitrogen and oxygen atoms in total. The van der Waals surface area contributed by atoms with E-state index in [2.05, 4.69) is 5.32 Å². The highest BCUT2D eigenvalue weighted by atomic mass is 32.2. The summed E-state index contributed by atoms with van der Waals surface area (Å²) in [4.78, 5) is 27.1. The molecule has 1 saturated heterocycles. The average Bonchev–Trinajstić information content (AvgIpc) is 2.66. The number of piperidine rings is 1. The molecule has 1 unspecified atom stereocenters. The molecule has 0 radical (unpaired) electrons. The van der Waals surface area contributed by atoms with Gasteiger partial charge in [-0.15, -0.1) is 0 Å². The molecule has 0 aliphatic carbocycles. The van der Waals surface area contributed by atoms with Crippen LogP contribution in [0.5, 0.6) is 11.5 Å². The Morgan fingerprint density at radius 3 is 2.28 bits per heavy atom. The number of hydrogen-bond acceptors (Lipinski definition) is 5. The molecule has 7 heteroatoms. The number of rotatable bonds is 6. The summed E-state index contributed by atoms with van der Waals surface area (Å²) in [6.45, 7) is 3.30. The van der Waals surface area contributed by atoms with E-state index in [4.69, 9.17) is 9.47 Å². The zero-order chi connectivity index (χ0) is 18.4. The molecule has 2 amide bonds. The van der Waals surface area contributed by atoms with Gasteiger partial charge in [-0.1, -0.05) is 0 Å². The van der Waals surface area contributed by atoms with E-state index in [1.54, 1.807) is 12.1 Å². The zero-order valence-corrected chi connectivity index (χ0v) is 16.1. The minimum Gasteiger partial charge on any atom is -0.493 e. The Kier molecular flexibility index (Phi) is 6.99. The van der Waals surface area contributed by atoms with E-state index in [1.807, 2.05) is 18.1 Å². The van der Waals surface area contributed by atoms with Crippen molar-refractivity contribution >= 4 is 29.3 Å². The lowest BCUT2D eigenvalue weighted by atomic mass is 10.1. The van der Waals surface area contributed by atoms with E-state index in [0.717, 1.165) is 32.4 Å². The van der Waals surface area contributed by atoms with Crippen LogP contribution in [-0.4, -0.2) is 55.5 Å². The van der Waals surface area contributed by atoms with Crippen LogP contribution < -0.4 is 14.8 Å². The fraction of sp³-hybridized carbons (Fsp3) is 0.556. The third-order valence-corrected chi connectivity index (χ3v) is 5.30. The van der Waals surface area contributed by atoms with Gasteiger partial charge in [-0.2, -0.15) is 11.8 Å². The van der Waals surface area contributed by atoms with Crippen LogP contribution in [0, 0.1) is 0 Å². The van der Waals surface area contributed by atoms with E-state index < -0.39 is 0 Å². The number of likely N-dealkylation sites (tertiary alicyclic amines) is 1. The highest BCUT2D eigenvalue weighted by molar-refractivity contribution is 7.99. The van der Waals surface area contributed by atoms with Crippen LogP contribution in [0.25, 0.3) is 0 Å². The van der Waals surface area contributed by atoms with Crippen LogP contribution >= 0.6 is 11.8 Å². The van der Waals surface area contributed by atoms with Gasteiger partial charge in [-0.05, 0) is 38.5 Å². The molecular formula is C18H26N2O4S. The van der Waals surface area contributed by atoms with Crippen LogP contribution in [-0.2, 0) is 4.79 Å². The third-order valence-electron chi connectivity index (χ3n) is 4.38. The third kappa shape index (κ3) is 4.60. The van der Waals surface area contributed by atoms with Gasteiger partial charge in [0.1, 0.15) is 0 Å². The number of methoxy groups -OCH3 is 2. The highest BCUT2D eigenvalue weighted by Crippen LogP contribution is 2.34. The topological polar surface area (TPSA) is 67.9 Å². The standard InChI is InChI=1S/C18H26N2O4S/c1-12(25-4)17(21)19-14-11-16(24-3)15(23-2)10-13(14)18(22)20-8-6-5-7-9-20/h10-12H,5-9H2,1-4H3,(H,19,21). The molecule has 25 heavy (non-hydrogen) atoms. The molecule has 1 heterocycles. The summed E-state index contributed by atoms with van der Waals surface area (Å²) in [5, 5.41) is 2.65. The number of benzene rings is 1. The van der Waals surface area contributed by atoms with Crippen molar-refractivity contribution in [1.29, 1.82) is 0 Å². The van der Waals surface area contributed by atoms with Crippen molar-refractivity contribution in [2.75, 3.05) is 38.9 Å². The van der Waals surface area contributed by atoms with Crippen molar-refractivity contribution in [3.8, 4) is 11.5 Å². The van der Waals surface area contributed by atoms with Gasteiger partial charge in [0.25, 0.3) is 5.91 Å². The lowest BCUT2D eigenvalue weighted by Crippen LogP contribution is -2.36. The zero-order valence-electron chi connectivity index (χ0n) is 15.3. The van der Waals surface area contributed by atoms with Crippen LogP contribution in [0.4, 0.5) is 5.69 Å². The number of hydrogen-bond donors (Lipinski definition) is 1. The lowest BCUT2D eigenvalue weighted by Gasteiger charge is -2.28. The summed E-state index contributed by atoms with van der Waals surface area (Å²) in [6.07, 6.45) is 5.03. The average molecular weight is 366 g/mol. The monoisotopic (exact) mass is 366 g/mol. The maximum atomic E-state index is 13.0. The number of carbonyl (C=O) groups is 2. The van der Waals surface area contributed by atoms with Crippen molar-refractivity contribution in [2.45, 2.75) is 31.4 Å². The molecule has 0 aromatic heterocycles. The Balaban J connectivity index is 2.39. The fourth-order valence-corrected chi connectivity index (χ4v) is 3.04. The summed E-state index contributed by atoms with van der Waals surface area (Å²) in [6, 6.07) is 3.30. The molecule has 138 valence electrons. The molecule has 0 bridgehead atoms. The second-order valence-electron chi connectivity index (χ2n) is 5.97. The van der Waals surface area contributed by atoms with E-state index in [9.17, 15) is 9.59 Å². The van der Waals surface area contributed by atoms with E-state index in [-0.39, 0.29) is 17.1 Å². The largest absolute Gasteiger partial charge is 0.493 e. The Bertz CT molecular complexity index is 630. The molecule has 1 fully saturated rings. The predicted octanol–water partition coefficient (Wildman–Crippen LogP) is 3.02. The SMILES string of the molecule is COc1cc(NC(=O)C(C)SC)c(C(=O)N2CCCCC2)cc1OC. The molecule has 0 spiro atoms. The number of ether oxygens (including phenoxy) is 2. The number of thioether (sulfide) groups is 1. The summed E-state index contributed by atoms with van der Waals surface area (Å²) in [5.74, 6) is 0.712. The molecule has 1 aromatic carbocycles. The van der Waals surface area contributed by atoms with Gasteiger partial charge in [0.15, 0.2) is 11.5 Å². The van der Waals surface area contributed by atoms with Gasteiger partial charge in [0.2, 0.25) is 5.91 Å². The number of nitrogens with zero attached hydrogens (tertiary/aromatic N) is 1. The van der Waals surface area contributed by atoms with Crippen molar-refractivity contribution < 1.29 is 19.1 Å². The maximum Gasteiger partial charge on any atom is 0.256 e. The minimum atomic E-state index is -0.217. The molecule has 0 saturated carbocycles. The summed E-state index contributed by atoms with van der Waals surface area (Å²) < 4.78 is 10.6. The van der Waals surface area contributed by atoms with Gasteiger partial charge < -0.3 is 19.7 Å². The van der Waals surface area contributed by atoms with Gasteiger partial charge in [-0.3, -0.25) is 9.59 Å². The van der Waals surface area contributed by atoms with Gasteiger partial charge >= 0.3 is 0 Å². The van der Waals surface area contributed by atoms with E-state index in [0.29, 0.717) is 22.7 Å². The highest BCUT2D eigenvalue weighted by Gasteiger charge is 2.25. The number of nitrogens with one attached hydrogen (secondary N) is 1. The number of carbonyl (C=O) groups excluding carboxylic acids is 2. The van der Waals surface area contributed by atoms with Gasteiger partial charge in [0, 0.05) is 19.2 Å². The number of anilines is 1. The molecule has 1 aromatic rings. The van der Waals surface area contributed by atoms with Gasteiger partial charge in [-0.25, -0.2) is 0 Å². The summed E-state index contributed by atoms with van der Waals surface area (Å²) in [7, 11) is 3.06. The van der Waals surface area contributed by atoms with Crippen LogP contribution in [0.15, 0.2) is 12.1 Å². The molecule has 1 N–H and O–H groups in total. The van der Waals surface area contributed by atoms with Crippen LogP contribution in [0.1, 0.15) is 36.5 Å². The second kappa shape index (κ2) is 8.99. The Morgan fingerprint density at radius 1 is 1.12 bits per heavy atom. The molecule has 1 aliphatic rings. The van der Waals surface area contributed by atoms with Crippen LogP contribution in [0.2, 0.25) is 0 Å². The molecule has 2 rings (SSSR count). The Labute approximate surface area is 153 Å². The Morgan fingerprint density at radius 2 is 1.72 bits per heavy atom. The minimum absolute atomic E-state index is 0.0900. The van der Waals surface area contributed by atoms with E-state index >= 15 is 0 Å². The second-order valence-corrected chi connectivity index (χ2v) is 7.15. The smallest absolute Gasteiger partial charge is 0.256 e. The summed E-state index contributed by atoms with van der Waals surface area (Å²) >= 11 is 1.45. The lowest BCUT2D eigenvalue weighted by molar-refractivity contribution is -0.115. The predicted molar refractivity (Wildman–Crippen MR) is 101 cm³/mol. The Hall–Kier alpha value is -1.89. The van der Waals surface area contributed by atoms with Crippen LogP contribution in [0.3, 0.4) is 0 Å². The first-order valence-electron chi connectivity index (χ1n) is 8.40. The summed E-state index contributed by atoms with van der Waals surface area (Å²) in [5.41, 5.74) is 0.889. The first-order valence-corrected chi connectivity index (χ1v) is 9.69. The quantitative estimate of drug-likeness (QED) is 0.838. The van der Waals surface area contributed by atoms with Crippen molar-refractivity contribution in [3.05, 3.63) is 17.7 Å². The fourth-order valence-electron chi connectivity index (χ4n) is 2.77. The molecule has 1 aliphatic heterocycles. The molecule has 1 atom stereocenters. The van der Waals surface area contributed by atoms with Crippen molar-refractivity contribution in [2.24, 2.45) is 0 Å². The van der Waals surface area contributed by atoms with Crippen molar-refractivity contribution in [3.63, 3.8) is 0 Å². The normalized spacial score (nSPS) is 15.4. The van der Waals surface area contributed by atoms with Gasteiger partial charge in [0.05, 0.1) is 30.7 Å². The first kappa shape index (κ1) is 19.4. The number of amides is 2. The van der Waals surface area contributed by atoms with E-state index in [1.165, 1.54) is 26.0 Å². The molecular weight excluding hydrogens is 340 g/mol. The maximum absolute atomic E-state index is 13.0. The van der Waals surface area contributed by atoms with Crippen molar-refractivity contribution in [1.82, 2.24) is 4.90 Å². The first-order chi connectivity index (χ1) is 12.0.